The van der Waals surface area contributed by atoms with Crippen molar-refractivity contribution in [2.45, 2.75) is 6.92 Å². The van der Waals surface area contributed by atoms with E-state index in [0.29, 0.717) is 0 Å². The molecule has 0 spiro atoms. The molecule has 1 rings (SSSR count). The average Bonchev–Trinajstić information content (AvgIpc) is 2.15. The van der Waals surface area contributed by atoms with Crippen molar-refractivity contribution in [2.75, 3.05) is 5.88 Å². The van der Waals surface area contributed by atoms with Crippen LogP contribution in [0.5, 0.6) is 0 Å². The van der Waals surface area contributed by atoms with E-state index in [4.69, 9.17) is 5.73 Å². The van der Waals surface area contributed by atoms with Crippen molar-refractivity contribution in [2.24, 2.45) is 10.8 Å². The zero-order chi connectivity index (χ0) is 6.69. The molecule has 0 fully saturated rings. The van der Waals surface area contributed by atoms with E-state index in [0.717, 1.165) is 11.6 Å². The molecule has 1 aliphatic heterocycles. The summed E-state index contributed by atoms with van der Waals surface area (Å²) in [5.41, 5.74) is 8.00. The summed E-state index contributed by atoms with van der Waals surface area (Å²) in [6.07, 6.45) is 1.82. The molecule has 50 valence electrons. The molecule has 0 bridgehead atoms. The Kier molecular flexibility index (Phi) is 2.00. The number of rotatable bonds is 1. The summed E-state index contributed by atoms with van der Waals surface area (Å²) in [5, 5.41) is 5.80. The minimum Gasteiger partial charge on any atom is -0.401 e. The number of nitrogens with two attached hydrogens (primary N) is 1. The third-order valence-corrected chi connectivity index (χ3v) is 1.49. The van der Waals surface area contributed by atoms with Gasteiger partial charge in [0.2, 0.25) is 0 Å². The summed E-state index contributed by atoms with van der Waals surface area (Å²) in [6, 6.07) is 0. The molecule has 0 atom stereocenters. The average molecular weight is 143 g/mol. The van der Waals surface area contributed by atoms with Crippen LogP contribution in [0, 0.1) is 0 Å². The summed E-state index contributed by atoms with van der Waals surface area (Å²) in [7, 11) is 0. The van der Waals surface area contributed by atoms with Crippen LogP contribution in [-0.2, 0) is 0 Å². The van der Waals surface area contributed by atoms with Crippen LogP contribution in [0.1, 0.15) is 6.92 Å². The standard InChI is InChI=1S/C5H9N3S/c1-5(6)2-8-4-9-3-7-8/h2-3H,4,6H2,1H3. The van der Waals surface area contributed by atoms with E-state index in [1.54, 1.807) is 22.3 Å². The first kappa shape index (κ1) is 6.48. The Morgan fingerprint density at radius 2 is 2.78 bits per heavy atom. The second-order valence-electron chi connectivity index (χ2n) is 1.83. The van der Waals surface area contributed by atoms with E-state index < -0.39 is 0 Å². The molecule has 0 aromatic carbocycles. The lowest BCUT2D eigenvalue weighted by molar-refractivity contribution is 0.478. The van der Waals surface area contributed by atoms with Crippen LogP contribution in [0.2, 0.25) is 0 Å². The molecule has 1 aliphatic rings. The molecular formula is C5H9N3S. The zero-order valence-corrected chi connectivity index (χ0v) is 6.06. The topological polar surface area (TPSA) is 41.6 Å². The van der Waals surface area contributed by atoms with Crippen molar-refractivity contribution in [1.29, 1.82) is 0 Å². The molecule has 0 aromatic heterocycles. The van der Waals surface area contributed by atoms with Gasteiger partial charge in [0.15, 0.2) is 0 Å². The van der Waals surface area contributed by atoms with Gasteiger partial charge < -0.3 is 5.73 Å². The van der Waals surface area contributed by atoms with Gasteiger partial charge in [-0.2, -0.15) is 5.10 Å². The van der Waals surface area contributed by atoms with E-state index in [9.17, 15) is 0 Å². The third-order valence-electron chi connectivity index (χ3n) is 0.829. The summed E-state index contributed by atoms with van der Waals surface area (Å²) in [4.78, 5) is 0. The molecule has 0 saturated carbocycles. The first-order chi connectivity index (χ1) is 4.29. The predicted octanol–water partition coefficient (Wildman–Crippen LogP) is 0.756. The molecule has 0 radical (unpaired) electrons. The first-order valence-electron chi connectivity index (χ1n) is 2.63. The van der Waals surface area contributed by atoms with Crippen LogP contribution in [0.25, 0.3) is 0 Å². The smallest absolute Gasteiger partial charge is 0.0920 e. The number of hydrogen-bond donors (Lipinski definition) is 1. The number of thioether (sulfide) groups is 1. The van der Waals surface area contributed by atoms with Crippen LogP contribution in [0.15, 0.2) is 17.0 Å². The van der Waals surface area contributed by atoms with Crippen molar-refractivity contribution >= 4 is 17.3 Å². The first-order valence-corrected chi connectivity index (χ1v) is 3.68. The van der Waals surface area contributed by atoms with E-state index in [1.165, 1.54) is 0 Å². The van der Waals surface area contributed by atoms with Gasteiger partial charge in [-0.05, 0) is 6.92 Å². The highest BCUT2D eigenvalue weighted by Crippen LogP contribution is 2.09. The molecule has 2 N–H and O–H groups in total. The lowest BCUT2D eigenvalue weighted by Gasteiger charge is -2.05. The number of nitrogens with zero attached hydrogens (tertiary/aromatic N) is 2. The monoisotopic (exact) mass is 143 g/mol. The highest BCUT2D eigenvalue weighted by Gasteiger charge is 2.00. The summed E-state index contributed by atoms with van der Waals surface area (Å²) >= 11 is 1.66. The lowest BCUT2D eigenvalue weighted by atomic mass is 10.6. The molecule has 0 aromatic rings. The van der Waals surface area contributed by atoms with Gasteiger partial charge in [-0.25, -0.2) is 0 Å². The van der Waals surface area contributed by atoms with Crippen LogP contribution >= 0.6 is 11.8 Å². The van der Waals surface area contributed by atoms with Gasteiger partial charge in [0.1, 0.15) is 0 Å². The SMILES string of the molecule is CC(N)=CN1CSC=N1. The summed E-state index contributed by atoms with van der Waals surface area (Å²) < 4.78 is 0. The second-order valence-corrected chi connectivity index (χ2v) is 2.63. The van der Waals surface area contributed by atoms with Crippen molar-refractivity contribution in [3.8, 4) is 0 Å². The molecular weight excluding hydrogens is 134 g/mol. The fourth-order valence-electron chi connectivity index (χ4n) is 0.543. The van der Waals surface area contributed by atoms with Crippen molar-refractivity contribution in [1.82, 2.24) is 5.01 Å². The minimum absolute atomic E-state index is 0.787. The largest absolute Gasteiger partial charge is 0.401 e. The molecule has 3 nitrogen and oxygen atoms in total. The Bertz CT molecular complexity index is 148. The molecule has 0 aliphatic carbocycles. The number of hydrazone groups is 1. The van der Waals surface area contributed by atoms with Gasteiger partial charge in [0.25, 0.3) is 0 Å². The Labute approximate surface area is 58.6 Å². The highest BCUT2D eigenvalue weighted by molar-refractivity contribution is 8.12. The molecule has 1 heterocycles. The highest BCUT2D eigenvalue weighted by atomic mass is 32.2. The Hall–Kier alpha value is -0.640. The maximum Gasteiger partial charge on any atom is 0.0920 e. The Morgan fingerprint density at radius 1 is 2.00 bits per heavy atom. The Balaban J connectivity index is 2.45. The van der Waals surface area contributed by atoms with Crippen molar-refractivity contribution in [3.63, 3.8) is 0 Å². The van der Waals surface area contributed by atoms with E-state index in [1.807, 2.05) is 13.1 Å². The number of allylic oxidation sites excluding steroid dienone is 1. The van der Waals surface area contributed by atoms with Crippen LogP contribution in [-0.4, -0.2) is 16.4 Å². The van der Waals surface area contributed by atoms with Crippen LogP contribution in [0.3, 0.4) is 0 Å². The van der Waals surface area contributed by atoms with Crippen molar-refractivity contribution < 1.29 is 0 Å². The van der Waals surface area contributed by atoms with E-state index in [-0.39, 0.29) is 0 Å². The fraction of sp³-hybridized carbons (Fsp3) is 0.400. The predicted molar refractivity (Wildman–Crippen MR) is 40.7 cm³/mol. The van der Waals surface area contributed by atoms with Gasteiger partial charge in [0.05, 0.1) is 11.4 Å². The third kappa shape index (κ3) is 1.97. The fourth-order valence-corrected chi connectivity index (χ4v) is 1.09. The normalized spacial score (nSPS) is 19.2. The van der Waals surface area contributed by atoms with Gasteiger partial charge in [0, 0.05) is 11.9 Å². The van der Waals surface area contributed by atoms with Gasteiger partial charge in [-0.1, -0.05) is 11.8 Å². The van der Waals surface area contributed by atoms with Crippen LogP contribution < -0.4 is 5.73 Å². The van der Waals surface area contributed by atoms with E-state index >= 15 is 0 Å². The summed E-state index contributed by atoms with van der Waals surface area (Å²) in [5.74, 6) is 0.883. The minimum atomic E-state index is 0.787. The molecule has 9 heavy (non-hydrogen) atoms. The van der Waals surface area contributed by atoms with E-state index in [2.05, 4.69) is 5.10 Å². The van der Waals surface area contributed by atoms with Crippen LogP contribution in [0.4, 0.5) is 0 Å². The van der Waals surface area contributed by atoms with Gasteiger partial charge in [-0.3, -0.25) is 5.01 Å². The zero-order valence-electron chi connectivity index (χ0n) is 5.24. The molecule has 0 saturated heterocycles. The quantitative estimate of drug-likeness (QED) is 0.589. The van der Waals surface area contributed by atoms with Crippen molar-refractivity contribution in [3.05, 3.63) is 11.9 Å². The maximum absolute atomic E-state index is 5.41. The Morgan fingerprint density at radius 3 is 3.22 bits per heavy atom. The van der Waals surface area contributed by atoms with Gasteiger partial charge >= 0.3 is 0 Å². The molecule has 0 unspecified atom stereocenters. The second kappa shape index (κ2) is 2.77. The molecule has 0 amide bonds. The molecule has 4 heteroatoms. The number of hydrogen-bond acceptors (Lipinski definition) is 4. The van der Waals surface area contributed by atoms with Gasteiger partial charge in [-0.15, -0.1) is 0 Å². The maximum atomic E-state index is 5.41. The summed E-state index contributed by atoms with van der Waals surface area (Å²) in [6.45, 7) is 1.85. The lowest BCUT2D eigenvalue weighted by Crippen LogP contribution is -2.06.